The molecule has 1 aromatic rings. The van der Waals surface area contributed by atoms with Gasteiger partial charge in [0.15, 0.2) is 0 Å². The minimum atomic E-state index is -1.21. The maximum Gasteiger partial charge on any atom is 0.322 e. The summed E-state index contributed by atoms with van der Waals surface area (Å²) in [6, 6.07) is 6.72. The van der Waals surface area contributed by atoms with Crippen LogP contribution in [-0.2, 0) is 9.59 Å². The maximum atomic E-state index is 11.0. The van der Waals surface area contributed by atoms with Crippen LogP contribution in [0.4, 0.5) is 0 Å². The molecule has 1 aromatic carbocycles. The molecule has 5 heteroatoms. The summed E-state index contributed by atoms with van der Waals surface area (Å²) in [7, 11) is 0. The Morgan fingerprint density at radius 3 is 2.57 bits per heavy atom. The number of para-hydroxylation sites is 1. The molecule has 0 aromatic heterocycles. The van der Waals surface area contributed by atoms with E-state index >= 15 is 0 Å². The monoisotopic (exact) mass is 258 g/mol. The molecule has 0 atom stereocenters. The third kappa shape index (κ3) is 3.18. The summed E-state index contributed by atoms with van der Waals surface area (Å²) in [5.41, 5.74) is 0. The molecule has 0 aliphatic heterocycles. The minimum Gasteiger partial charge on any atom is -0.481 e. The van der Waals surface area contributed by atoms with Gasteiger partial charge in [-0.2, -0.15) is 0 Å². The highest BCUT2D eigenvalue weighted by molar-refractivity contribution is 9.10. The fourth-order valence-corrected chi connectivity index (χ4v) is 1.18. The number of carbonyl (C=O) groups excluding carboxylic acids is 1. The molecule has 0 saturated carbocycles. The number of hydrogen-bond acceptors (Lipinski definition) is 3. The van der Waals surface area contributed by atoms with E-state index in [0.29, 0.717) is 10.2 Å². The summed E-state index contributed by atoms with van der Waals surface area (Å²) in [4.78, 5) is 21.1. The first-order chi connectivity index (χ1) is 6.59. The number of carboxylic acids is 1. The third-order valence-electron chi connectivity index (χ3n) is 1.36. The summed E-state index contributed by atoms with van der Waals surface area (Å²) in [6.07, 6.45) is -0.638. The van der Waals surface area contributed by atoms with Gasteiger partial charge in [-0.25, -0.2) is 0 Å². The van der Waals surface area contributed by atoms with E-state index in [0.717, 1.165) is 0 Å². The molecule has 0 bridgehead atoms. The van der Waals surface area contributed by atoms with Gasteiger partial charge in [0, 0.05) is 0 Å². The van der Waals surface area contributed by atoms with Crippen molar-refractivity contribution in [2.24, 2.45) is 0 Å². The van der Waals surface area contributed by atoms with Crippen molar-refractivity contribution in [2.75, 3.05) is 0 Å². The molecule has 74 valence electrons. The van der Waals surface area contributed by atoms with E-state index < -0.39 is 18.4 Å². The van der Waals surface area contributed by atoms with Crippen molar-refractivity contribution >= 4 is 27.9 Å². The zero-order valence-electron chi connectivity index (χ0n) is 7.07. The molecule has 0 saturated heterocycles. The normalized spacial score (nSPS) is 9.50. The zero-order chi connectivity index (χ0) is 10.6. The number of carboxylic acid groups (broad SMARTS) is 1. The molecule has 1 N–H and O–H groups in total. The largest absolute Gasteiger partial charge is 0.481 e. The van der Waals surface area contributed by atoms with Gasteiger partial charge in [0.2, 0.25) is 0 Å². The van der Waals surface area contributed by atoms with Crippen LogP contribution in [0.1, 0.15) is 6.42 Å². The van der Waals surface area contributed by atoms with Gasteiger partial charge in [0.25, 0.3) is 0 Å². The first kappa shape index (κ1) is 10.7. The highest BCUT2D eigenvalue weighted by Gasteiger charge is 2.11. The summed E-state index contributed by atoms with van der Waals surface area (Å²) < 4.78 is 5.40. The van der Waals surface area contributed by atoms with Crippen LogP contribution in [0.25, 0.3) is 0 Å². The number of hydrogen-bond donors (Lipinski definition) is 1. The lowest BCUT2D eigenvalue weighted by Crippen LogP contribution is -2.13. The molecule has 0 amide bonds. The average Bonchev–Trinajstić information content (AvgIpc) is 2.07. The SMILES string of the molecule is O=C(O)CC(=O)Oc1ccccc1Br. The lowest BCUT2D eigenvalue weighted by molar-refractivity contribution is -0.145. The van der Waals surface area contributed by atoms with Gasteiger partial charge in [-0.15, -0.1) is 0 Å². The van der Waals surface area contributed by atoms with Gasteiger partial charge < -0.3 is 9.84 Å². The van der Waals surface area contributed by atoms with Crippen molar-refractivity contribution in [3.05, 3.63) is 28.7 Å². The topological polar surface area (TPSA) is 63.6 Å². The van der Waals surface area contributed by atoms with E-state index in [1.807, 2.05) is 0 Å². The molecule has 0 fully saturated rings. The second kappa shape index (κ2) is 4.76. The summed E-state index contributed by atoms with van der Waals surface area (Å²) in [5.74, 6) is -1.68. The fraction of sp³-hybridized carbons (Fsp3) is 0.111. The van der Waals surface area contributed by atoms with Crippen molar-refractivity contribution in [1.82, 2.24) is 0 Å². The highest BCUT2D eigenvalue weighted by Crippen LogP contribution is 2.23. The van der Waals surface area contributed by atoms with Crippen molar-refractivity contribution in [3.63, 3.8) is 0 Å². The Morgan fingerprint density at radius 2 is 2.00 bits per heavy atom. The van der Waals surface area contributed by atoms with Crippen LogP contribution < -0.4 is 4.74 Å². The Labute approximate surface area is 88.6 Å². The van der Waals surface area contributed by atoms with Crippen LogP contribution in [0, 0.1) is 0 Å². The molecule has 0 aliphatic rings. The van der Waals surface area contributed by atoms with Gasteiger partial charge in [-0.1, -0.05) is 12.1 Å². The minimum absolute atomic E-state index is 0.318. The van der Waals surface area contributed by atoms with Crippen LogP contribution >= 0.6 is 15.9 Å². The number of esters is 1. The highest BCUT2D eigenvalue weighted by atomic mass is 79.9. The molecule has 1 rings (SSSR count). The Morgan fingerprint density at radius 1 is 1.36 bits per heavy atom. The standard InChI is InChI=1S/C9H7BrO4/c10-6-3-1-2-4-7(6)14-9(13)5-8(11)12/h1-4H,5H2,(H,11,12). The second-order valence-electron chi connectivity index (χ2n) is 2.48. The smallest absolute Gasteiger partial charge is 0.322 e. The molecule has 14 heavy (non-hydrogen) atoms. The van der Waals surface area contributed by atoms with Crippen LogP contribution in [-0.4, -0.2) is 17.0 Å². The average molecular weight is 259 g/mol. The van der Waals surface area contributed by atoms with Gasteiger partial charge in [0.1, 0.15) is 12.2 Å². The Kier molecular flexibility index (Phi) is 3.64. The molecule has 0 radical (unpaired) electrons. The summed E-state index contributed by atoms with van der Waals surface area (Å²) >= 11 is 3.17. The molecule has 0 aliphatic carbocycles. The molecule has 0 spiro atoms. The Bertz CT molecular complexity index is 362. The zero-order valence-corrected chi connectivity index (χ0v) is 8.65. The van der Waals surface area contributed by atoms with Crippen LogP contribution in [0.5, 0.6) is 5.75 Å². The second-order valence-corrected chi connectivity index (χ2v) is 3.33. The summed E-state index contributed by atoms with van der Waals surface area (Å²) in [5, 5.41) is 8.32. The van der Waals surface area contributed by atoms with E-state index in [9.17, 15) is 9.59 Å². The van der Waals surface area contributed by atoms with Crippen molar-refractivity contribution < 1.29 is 19.4 Å². The molecular formula is C9H7BrO4. The van der Waals surface area contributed by atoms with E-state index in [1.165, 1.54) is 0 Å². The number of rotatable bonds is 3. The number of carbonyl (C=O) groups is 2. The molecule has 0 heterocycles. The van der Waals surface area contributed by atoms with Gasteiger partial charge >= 0.3 is 11.9 Å². The van der Waals surface area contributed by atoms with Crippen molar-refractivity contribution in [1.29, 1.82) is 0 Å². The van der Waals surface area contributed by atoms with Gasteiger partial charge in [-0.3, -0.25) is 9.59 Å². The van der Waals surface area contributed by atoms with Crippen molar-refractivity contribution in [3.8, 4) is 5.75 Å². The summed E-state index contributed by atoms with van der Waals surface area (Å²) in [6.45, 7) is 0. The Hall–Kier alpha value is -1.36. The number of halogens is 1. The van der Waals surface area contributed by atoms with Crippen molar-refractivity contribution in [2.45, 2.75) is 6.42 Å². The molecule has 0 unspecified atom stereocenters. The predicted molar refractivity (Wildman–Crippen MR) is 52.0 cm³/mol. The molecule has 4 nitrogen and oxygen atoms in total. The predicted octanol–water partition coefficient (Wildman–Crippen LogP) is 1.83. The first-order valence-electron chi connectivity index (χ1n) is 3.76. The van der Waals surface area contributed by atoms with E-state index in [4.69, 9.17) is 9.84 Å². The number of benzene rings is 1. The first-order valence-corrected chi connectivity index (χ1v) is 4.56. The van der Waals surface area contributed by atoms with Crippen LogP contribution in [0.2, 0.25) is 0 Å². The fourth-order valence-electron chi connectivity index (χ4n) is 0.810. The maximum absolute atomic E-state index is 11.0. The van der Waals surface area contributed by atoms with Gasteiger partial charge in [0.05, 0.1) is 4.47 Å². The van der Waals surface area contributed by atoms with Crippen LogP contribution in [0.15, 0.2) is 28.7 Å². The quantitative estimate of drug-likeness (QED) is 0.511. The van der Waals surface area contributed by atoms with Gasteiger partial charge in [-0.05, 0) is 28.1 Å². The lowest BCUT2D eigenvalue weighted by atomic mass is 10.3. The third-order valence-corrected chi connectivity index (χ3v) is 2.01. The lowest BCUT2D eigenvalue weighted by Gasteiger charge is -2.03. The van der Waals surface area contributed by atoms with Crippen LogP contribution in [0.3, 0.4) is 0 Å². The number of ether oxygens (including phenoxy) is 1. The number of aliphatic carboxylic acids is 1. The molecular weight excluding hydrogens is 252 g/mol. The van der Waals surface area contributed by atoms with E-state index in [-0.39, 0.29) is 0 Å². The Balaban J connectivity index is 2.65. The van der Waals surface area contributed by atoms with E-state index in [1.54, 1.807) is 24.3 Å². The van der Waals surface area contributed by atoms with E-state index in [2.05, 4.69) is 15.9 Å².